The van der Waals surface area contributed by atoms with Gasteiger partial charge >= 0.3 is 0 Å². The van der Waals surface area contributed by atoms with E-state index in [-0.39, 0.29) is 12.4 Å². The summed E-state index contributed by atoms with van der Waals surface area (Å²) in [5.74, 6) is 1.39. The summed E-state index contributed by atoms with van der Waals surface area (Å²) in [5, 5.41) is 6.89. The number of likely N-dealkylation sites (tertiary alicyclic amines) is 1. The summed E-state index contributed by atoms with van der Waals surface area (Å²) >= 11 is 0. The lowest BCUT2D eigenvalue weighted by atomic mass is 9.71. The molecule has 6 heteroatoms. The number of anilines is 1. The summed E-state index contributed by atoms with van der Waals surface area (Å²) in [6.45, 7) is 2.79. The Morgan fingerprint density at radius 3 is 2.53 bits per heavy atom. The normalized spacial score (nSPS) is 26.0. The molecule has 0 aromatic heterocycles. The molecule has 5 rings (SSSR count). The van der Waals surface area contributed by atoms with E-state index in [1.54, 1.807) is 0 Å². The van der Waals surface area contributed by atoms with E-state index >= 15 is 0 Å². The molecule has 3 fully saturated rings. The van der Waals surface area contributed by atoms with Gasteiger partial charge in [0.25, 0.3) is 12.4 Å². The maximum atomic E-state index is 13.5. The minimum atomic E-state index is -0.250. The van der Waals surface area contributed by atoms with Gasteiger partial charge in [-0.15, -0.1) is 0 Å². The first-order chi connectivity index (χ1) is 16.5. The molecule has 2 aromatic carbocycles. The lowest BCUT2D eigenvalue weighted by molar-refractivity contribution is -0.122. The van der Waals surface area contributed by atoms with E-state index in [0.29, 0.717) is 23.9 Å². The molecule has 0 spiro atoms. The molecule has 6 nitrogen and oxygen atoms in total. The first-order valence-corrected chi connectivity index (χ1v) is 12.5. The van der Waals surface area contributed by atoms with E-state index in [2.05, 4.69) is 51.1 Å². The lowest BCUT2D eigenvalue weighted by Gasteiger charge is -2.57. The SMILES string of the molecule is CN(C)c1cccc(C(=O)N2C[C@H]3C[C@@H](C2)[C@H](Cc2ccccc2)N2CCCC[C@@H]32)c1.O=CO. The van der Waals surface area contributed by atoms with Crippen LogP contribution in [0.5, 0.6) is 0 Å². The second kappa shape index (κ2) is 11.0. The maximum Gasteiger partial charge on any atom is 0.290 e. The van der Waals surface area contributed by atoms with Crippen LogP contribution in [0.2, 0.25) is 0 Å². The molecule has 182 valence electrons. The van der Waals surface area contributed by atoms with Crippen molar-refractivity contribution in [3.8, 4) is 0 Å². The van der Waals surface area contributed by atoms with Crippen molar-refractivity contribution in [3.63, 3.8) is 0 Å². The van der Waals surface area contributed by atoms with E-state index in [0.717, 1.165) is 30.8 Å². The van der Waals surface area contributed by atoms with Crippen molar-refractivity contribution in [2.24, 2.45) is 11.8 Å². The number of benzene rings is 2. The Kier molecular flexibility index (Phi) is 7.88. The van der Waals surface area contributed by atoms with Crippen LogP contribution in [0.15, 0.2) is 54.6 Å². The van der Waals surface area contributed by atoms with Crippen molar-refractivity contribution < 1.29 is 14.7 Å². The predicted octanol–water partition coefficient (Wildman–Crippen LogP) is 4.01. The van der Waals surface area contributed by atoms with Crippen molar-refractivity contribution in [1.29, 1.82) is 0 Å². The van der Waals surface area contributed by atoms with E-state index < -0.39 is 0 Å². The Morgan fingerprint density at radius 1 is 1.06 bits per heavy atom. The molecular formula is C28H37N3O3. The summed E-state index contributed by atoms with van der Waals surface area (Å²) in [6.07, 6.45) is 6.33. The monoisotopic (exact) mass is 463 g/mol. The van der Waals surface area contributed by atoms with Gasteiger partial charge in [0, 0.05) is 50.5 Å². The van der Waals surface area contributed by atoms with E-state index in [4.69, 9.17) is 9.90 Å². The Bertz CT molecular complexity index is 964. The average molecular weight is 464 g/mol. The minimum Gasteiger partial charge on any atom is -0.483 e. The van der Waals surface area contributed by atoms with Crippen LogP contribution in [0.4, 0.5) is 5.69 Å². The maximum absolute atomic E-state index is 13.5. The van der Waals surface area contributed by atoms with Crippen LogP contribution >= 0.6 is 0 Å². The fourth-order valence-corrected chi connectivity index (χ4v) is 6.31. The molecule has 0 unspecified atom stereocenters. The third-order valence-electron chi connectivity index (χ3n) is 7.81. The van der Waals surface area contributed by atoms with Gasteiger partial charge in [-0.1, -0.05) is 42.8 Å². The molecule has 2 bridgehead atoms. The largest absolute Gasteiger partial charge is 0.483 e. The van der Waals surface area contributed by atoms with Gasteiger partial charge in [0.1, 0.15) is 0 Å². The fourth-order valence-electron chi connectivity index (χ4n) is 6.31. The molecule has 34 heavy (non-hydrogen) atoms. The van der Waals surface area contributed by atoms with Crippen molar-refractivity contribution in [2.45, 2.75) is 44.2 Å². The Labute approximate surface area is 203 Å². The van der Waals surface area contributed by atoms with Gasteiger partial charge in [0.15, 0.2) is 0 Å². The number of hydrogen-bond acceptors (Lipinski definition) is 4. The topological polar surface area (TPSA) is 64.1 Å². The van der Waals surface area contributed by atoms with Crippen LogP contribution in [-0.2, 0) is 11.2 Å². The van der Waals surface area contributed by atoms with Gasteiger partial charge < -0.3 is 14.9 Å². The number of rotatable bonds is 4. The number of piperidine rings is 3. The minimum absolute atomic E-state index is 0.209. The molecule has 3 aliphatic heterocycles. The van der Waals surface area contributed by atoms with Crippen LogP contribution in [-0.4, -0.2) is 73.1 Å². The Balaban J connectivity index is 0.000000868. The molecule has 3 saturated heterocycles. The number of nitrogens with zero attached hydrogens (tertiary/aromatic N) is 3. The van der Waals surface area contributed by atoms with Crippen molar-refractivity contribution in [3.05, 3.63) is 65.7 Å². The average Bonchev–Trinajstić information content (AvgIpc) is 2.87. The highest BCUT2D eigenvalue weighted by atomic mass is 16.3. The molecule has 3 heterocycles. The molecule has 2 aromatic rings. The number of carboxylic acid groups (broad SMARTS) is 1. The first kappa shape index (κ1) is 24.3. The van der Waals surface area contributed by atoms with Crippen LogP contribution in [0, 0.1) is 11.8 Å². The highest BCUT2D eigenvalue weighted by Crippen LogP contribution is 2.42. The smallest absolute Gasteiger partial charge is 0.290 e. The summed E-state index contributed by atoms with van der Waals surface area (Å²) in [7, 11) is 4.06. The quantitative estimate of drug-likeness (QED) is 0.694. The standard InChI is InChI=1S/C27H35N3O.CH2O2/c1-28(2)24-12-8-11-21(17-24)27(31)29-18-22-16-23(19-29)26(15-20-9-4-3-5-10-20)30-14-7-6-13-25(22)30;2-1-3/h3-5,8-12,17,22-23,25-26H,6-7,13-16,18-19H2,1-2H3;1H,(H,2,3)/t22-,23+,25+,26+;/m1./s1. The van der Waals surface area contributed by atoms with Crippen LogP contribution in [0.3, 0.4) is 0 Å². The van der Waals surface area contributed by atoms with Gasteiger partial charge in [-0.3, -0.25) is 14.5 Å². The number of amides is 1. The van der Waals surface area contributed by atoms with Gasteiger partial charge in [-0.25, -0.2) is 0 Å². The molecule has 1 amide bonds. The van der Waals surface area contributed by atoms with Crippen LogP contribution < -0.4 is 4.90 Å². The van der Waals surface area contributed by atoms with Gasteiger partial charge in [-0.2, -0.15) is 0 Å². The molecule has 1 N–H and O–H groups in total. The number of carbonyl (C=O) groups excluding carboxylic acids is 1. The Morgan fingerprint density at radius 2 is 1.79 bits per heavy atom. The van der Waals surface area contributed by atoms with Crippen molar-refractivity contribution >= 4 is 18.1 Å². The number of fused-ring (bicyclic) bond motifs is 4. The predicted molar refractivity (Wildman–Crippen MR) is 135 cm³/mol. The van der Waals surface area contributed by atoms with Crippen LogP contribution in [0.1, 0.15) is 41.6 Å². The van der Waals surface area contributed by atoms with Crippen LogP contribution in [0.25, 0.3) is 0 Å². The zero-order valence-corrected chi connectivity index (χ0v) is 20.3. The highest BCUT2D eigenvalue weighted by Gasteiger charge is 2.47. The van der Waals surface area contributed by atoms with Gasteiger partial charge in [0.05, 0.1) is 0 Å². The van der Waals surface area contributed by atoms with Gasteiger partial charge in [0.2, 0.25) is 0 Å². The lowest BCUT2D eigenvalue weighted by Crippen LogP contribution is -2.64. The number of carbonyl (C=O) groups is 2. The van der Waals surface area contributed by atoms with Crippen molar-refractivity contribution in [2.75, 3.05) is 38.6 Å². The summed E-state index contributed by atoms with van der Waals surface area (Å²) in [6, 6.07) is 20.2. The van der Waals surface area contributed by atoms with Gasteiger partial charge in [-0.05, 0) is 67.8 Å². The molecule has 4 atom stereocenters. The van der Waals surface area contributed by atoms with E-state index in [9.17, 15) is 4.79 Å². The number of hydrogen-bond donors (Lipinski definition) is 1. The second-order valence-electron chi connectivity index (χ2n) is 10.1. The highest BCUT2D eigenvalue weighted by molar-refractivity contribution is 5.95. The van der Waals surface area contributed by atoms with E-state index in [1.807, 2.05) is 32.3 Å². The second-order valence-corrected chi connectivity index (χ2v) is 10.1. The zero-order chi connectivity index (χ0) is 24.1. The third kappa shape index (κ3) is 5.27. The zero-order valence-electron chi connectivity index (χ0n) is 20.3. The molecule has 0 radical (unpaired) electrons. The summed E-state index contributed by atoms with van der Waals surface area (Å²) in [4.78, 5) is 29.0. The third-order valence-corrected chi connectivity index (χ3v) is 7.81. The summed E-state index contributed by atoms with van der Waals surface area (Å²) in [5.41, 5.74) is 3.34. The fraction of sp³-hybridized carbons (Fsp3) is 0.500. The van der Waals surface area contributed by atoms with E-state index in [1.165, 1.54) is 37.8 Å². The molecule has 0 aliphatic carbocycles. The van der Waals surface area contributed by atoms with Crippen molar-refractivity contribution in [1.82, 2.24) is 9.80 Å². The molecule has 0 saturated carbocycles. The molecule has 3 aliphatic rings. The summed E-state index contributed by atoms with van der Waals surface area (Å²) < 4.78 is 0. The first-order valence-electron chi connectivity index (χ1n) is 12.5. The Hall–Kier alpha value is -2.86. The molecular weight excluding hydrogens is 426 g/mol.